The maximum atomic E-state index is 13.0. The average molecular weight is 412 g/mol. The Morgan fingerprint density at radius 1 is 1.03 bits per heavy atom. The van der Waals surface area contributed by atoms with Crippen LogP contribution in [0, 0.1) is 20.8 Å². The molecule has 0 saturated carbocycles. The minimum absolute atomic E-state index is 0.173. The number of ether oxygens (including phenoxy) is 1. The van der Waals surface area contributed by atoms with E-state index in [9.17, 15) is 9.59 Å². The third kappa shape index (κ3) is 5.11. The molecule has 0 radical (unpaired) electrons. The Balaban J connectivity index is 1.56. The van der Waals surface area contributed by atoms with Crippen molar-refractivity contribution >= 4 is 17.4 Å². The Hall–Kier alpha value is -2.60. The number of aryl methyl sites for hydroxylation is 2. The Kier molecular flexibility index (Phi) is 7.32. The van der Waals surface area contributed by atoms with Crippen LogP contribution in [0.3, 0.4) is 0 Å². The summed E-state index contributed by atoms with van der Waals surface area (Å²) in [6.07, 6.45) is 1.10. The van der Waals surface area contributed by atoms with E-state index < -0.39 is 0 Å². The van der Waals surface area contributed by atoms with Crippen molar-refractivity contribution in [1.29, 1.82) is 0 Å². The Morgan fingerprint density at radius 2 is 1.73 bits per heavy atom. The molecule has 30 heavy (non-hydrogen) atoms. The molecular formula is C24H33N3O3. The number of ketones is 1. The van der Waals surface area contributed by atoms with Crippen LogP contribution in [0.2, 0.25) is 0 Å². The van der Waals surface area contributed by atoms with Crippen molar-refractivity contribution in [2.24, 2.45) is 0 Å². The first-order chi connectivity index (χ1) is 14.4. The van der Waals surface area contributed by atoms with E-state index in [1.165, 1.54) is 18.4 Å². The summed E-state index contributed by atoms with van der Waals surface area (Å²) in [5.41, 5.74) is 5.43. The molecular weight excluding hydrogens is 378 g/mol. The van der Waals surface area contributed by atoms with Gasteiger partial charge in [-0.25, -0.2) is 0 Å². The van der Waals surface area contributed by atoms with Crippen molar-refractivity contribution in [3.8, 4) is 0 Å². The topological polar surface area (TPSA) is 54.8 Å². The van der Waals surface area contributed by atoms with Crippen LogP contribution in [0.15, 0.2) is 30.3 Å². The summed E-state index contributed by atoms with van der Waals surface area (Å²) in [5, 5.41) is 0. The smallest absolute Gasteiger partial charge is 0.305 e. The maximum Gasteiger partial charge on any atom is 0.305 e. The van der Waals surface area contributed by atoms with Crippen molar-refractivity contribution < 1.29 is 14.3 Å². The molecule has 0 unspecified atom stereocenters. The Morgan fingerprint density at radius 3 is 2.40 bits per heavy atom. The summed E-state index contributed by atoms with van der Waals surface area (Å²) in [6, 6.07) is 10.5. The van der Waals surface area contributed by atoms with Gasteiger partial charge >= 0.3 is 5.97 Å². The van der Waals surface area contributed by atoms with E-state index in [1.54, 1.807) is 0 Å². The standard InChI is InChI=1S/C24H33N3O3/c1-18-8-5-6-9-22(18)26-14-12-25(13-15-26)17-23(28)21-16-19(2)27(20(21)3)11-7-10-24(29)30-4/h5-6,8-9,16H,7,10-15,17H2,1-4H3. The zero-order chi connectivity index (χ0) is 21.7. The first-order valence-electron chi connectivity index (χ1n) is 10.7. The van der Waals surface area contributed by atoms with Gasteiger partial charge in [-0.05, 0) is 44.9 Å². The van der Waals surface area contributed by atoms with Gasteiger partial charge in [0.1, 0.15) is 0 Å². The van der Waals surface area contributed by atoms with Gasteiger partial charge in [-0.3, -0.25) is 14.5 Å². The fraction of sp³-hybridized carbons (Fsp3) is 0.500. The predicted octanol–water partition coefficient (Wildman–Crippen LogP) is 3.37. The number of carbonyl (C=O) groups is 2. The maximum absolute atomic E-state index is 13.0. The van der Waals surface area contributed by atoms with E-state index in [1.807, 2.05) is 19.9 Å². The van der Waals surface area contributed by atoms with Gasteiger partial charge in [-0.1, -0.05) is 18.2 Å². The number of esters is 1. The molecule has 0 spiro atoms. The average Bonchev–Trinajstić information content (AvgIpc) is 3.03. The van der Waals surface area contributed by atoms with Gasteiger partial charge in [0.15, 0.2) is 5.78 Å². The van der Waals surface area contributed by atoms with Gasteiger partial charge in [0, 0.05) is 61.8 Å². The Bertz CT molecular complexity index is 895. The third-order valence-electron chi connectivity index (χ3n) is 6.06. The zero-order valence-electron chi connectivity index (χ0n) is 18.6. The lowest BCUT2D eigenvalue weighted by molar-refractivity contribution is -0.140. The highest BCUT2D eigenvalue weighted by atomic mass is 16.5. The van der Waals surface area contributed by atoms with Crippen LogP contribution in [-0.4, -0.2) is 61.1 Å². The van der Waals surface area contributed by atoms with Gasteiger partial charge in [0.2, 0.25) is 0 Å². The first kappa shape index (κ1) is 22.1. The van der Waals surface area contributed by atoms with Gasteiger partial charge in [0.05, 0.1) is 13.7 Å². The molecule has 0 atom stereocenters. The summed E-state index contributed by atoms with van der Waals surface area (Å²) < 4.78 is 6.84. The summed E-state index contributed by atoms with van der Waals surface area (Å²) >= 11 is 0. The molecule has 1 saturated heterocycles. The van der Waals surface area contributed by atoms with Crippen LogP contribution in [0.25, 0.3) is 0 Å². The minimum Gasteiger partial charge on any atom is -0.469 e. The molecule has 1 aliphatic heterocycles. The summed E-state index contributed by atoms with van der Waals surface area (Å²) in [4.78, 5) is 29.0. The van der Waals surface area contributed by atoms with Crippen molar-refractivity contribution in [2.45, 2.75) is 40.2 Å². The second-order valence-corrected chi connectivity index (χ2v) is 8.09. The molecule has 6 nitrogen and oxygen atoms in total. The quantitative estimate of drug-likeness (QED) is 0.492. The van der Waals surface area contributed by atoms with E-state index in [-0.39, 0.29) is 11.8 Å². The summed E-state index contributed by atoms with van der Waals surface area (Å²) in [7, 11) is 1.41. The van der Waals surface area contributed by atoms with E-state index in [4.69, 9.17) is 4.74 Å². The number of piperazine rings is 1. The molecule has 2 aromatic rings. The highest BCUT2D eigenvalue weighted by molar-refractivity contribution is 5.99. The molecule has 6 heteroatoms. The number of Topliss-reactive ketones (excluding diaryl/α,β-unsaturated/α-hetero) is 1. The van der Waals surface area contributed by atoms with Crippen LogP contribution in [-0.2, 0) is 16.1 Å². The molecule has 0 aliphatic carbocycles. The highest BCUT2D eigenvalue weighted by Crippen LogP contribution is 2.22. The van der Waals surface area contributed by atoms with Gasteiger partial charge in [0.25, 0.3) is 0 Å². The second-order valence-electron chi connectivity index (χ2n) is 8.09. The monoisotopic (exact) mass is 411 g/mol. The van der Waals surface area contributed by atoms with E-state index in [0.717, 1.165) is 49.7 Å². The fourth-order valence-electron chi connectivity index (χ4n) is 4.26. The SMILES string of the molecule is COC(=O)CCCn1c(C)cc(C(=O)CN2CCN(c3ccccc3C)CC2)c1C. The van der Waals surface area contributed by atoms with E-state index in [2.05, 4.69) is 45.6 Å². The number of nitrogens with zero attached hydrogens (tertiary/aromatic N) is 3. The lowest BCUT2D eigenvalue weighted by Crippen LogP contribution is -2.48. The molecule has 0 N–H and O–H groups in total. The van der Waals surface area contributed by atoms with Crippen molar-refractivity contribution in [3.05, 3.63) is 52.8 Å². The number of anilines is 1. The number of para-hydroxylation sites is 1. The summed E-state index contributed by atoms with van der Waals surface area (Å²) in [6.45, 7) is 11.0. The number of benzene rings is 1. The van der Waals surface area contributed by atoms with Gasteiger partial charge in [-0.2, -0.15) is 0 Å². The first-order valence-corrected chi connectivity index (χ1v) is 10.7. The molecule has 0 bridgehead atoms. The van der Waals surface area contributed by atoms with Crippen LogP contribution in [0.1, 0.15) is 40.2 Å². The molecule has 0 amide bonds. The second kappa shape index (κ2) is 9.94. The number of hydrogen-bond acceptors (Lipinski definition) is 5. The molecule has 1 aromatic heterocycles. The Labute approximate surface area is 179 Å². The lowest BCUT2D eigenvalue weighted by atomic mass is 10.1. The molecule has 1 aliphatic rings. The largest absolute Gasteiger partial charge is 0.469 e. The number of hydrogen-bond donors (Lipinski definition) is 0. The molecule has 2 heterocycles. The molecule has 162 valence electrons. The fourth-order valence-corrected chi connectivity index (χ4v) is 4.26. The molecule has 3 rings (SSSR count). The minimum atomic E-state index is -0.196. The summed E-state index contributed by atoms with van der Waals surface area (Å²) in [5.74, 6) is -0.0229. The number of carbonyl (C=O) groups excluding carboxylic acids is 2. The zero-order valence-corrected chi connectivity index (χ0v) is 18.6. The number of aromatic nitrogens is 1. The van der Waals surface area contributed by atoms with Crippen LogP contribution in [0.4, 0.5) is 5.69 Å². The van der Waals surface area contributed by atoms with Crippen LogP contribution in [0.5, 0.6) is 0 Å². The van der Waals surface area contributed by atoms with Crippen LogP contribution >= 0.6 is 0 Å². The normalized spacial score (nSPS) is 14.7. The van der Waals surface area contributed by atoms with Crippen molar-refractivity contribution in [3.63, 3.8) is 0 Å². The molecule has 1 aromatic carbocycles. The third-order valence-corrected chi connectivity index (χ3v) is 6.06. The van der Waals surface area contributed by atoms with Gasteiger partial charge in [-0.15, -0.1) is 0 Å². The van der Waals surface area contributed by atoms with E-state index in [0.29, 0.717) is 19.4 Å². The van der Waals surface area contributed by atoms with E-state index >= 15 is 0 Å². The lowest BCUT2D eigenvalue weighted by Gasteiger charge is -2.36. The highest BCUT2D eigenvalue weighted by Gasteiger charge is 2.22. The van der Waals surface area contributed by atoms with Crippen molar-refractivity contribution in [1.82, 2.24) is 9.47 Å². The predicted molar refractivity (Wildman–Crippen MR) is 119 cm³/mol. The number of methoxy groups -OCH3 is 1. The molecule has 1 fully saturated rings. The number of rotatable bonds is 8. The van der Waals surface area contributed by atoms with Crippen LogP contribution < -0.4 is 4.90 Å². The van der Waals surface area contributed by atoms with Crippen molar-refractivity contribution in [2.75, 3.05) is 44.7 Å². The van der Waals surface area contributed by atoms with Gasteiger partial charge < -0.3 is 14.2 Å².